The fourth-order valence-electron chi connectivity index (χ4n) is 2.46. The maximum absolute atomic E-state index is 12.7. The lowest BCUT2D eigenvalue weighted by atomic mass is 10.2. The van der Waals surface area contributed by atoms with Gasteiger partial charge in [0.1, 0.15) is 0 Å². The van der Waals surface area contributed by atoms with Crippen LogP contribution in [0.25, 0.3) is 0 Å². The number of sulfonamides is 1. The van der Waals surface area contributed by atoms with Crippen LogP contribution in [-0.4, -0.2) is 14.3 Å². The first-order valence-electron chi connectivity index (χ1n) is 8.01. The predicted octanol–water partition coefficient (Wildman–Crippen LogP) is 4.55. The molecule has 0 saturated carbocycles. The third kappa shape index (κ3) is 4.51. The highest BCUT2D eigenvalue weighted by Crippen LogP contribution is 2.24. The van der Waals surface area contributed by atoms with Crippen LogP contribution in [0.2, 0.25) is 0 Å². The molecule has 0 unspecified atom stereocenters. The fourth-order valence-corrected chi connectivity index (χ4v) is 4.22. The van der Waals surface area contributed by atoms with Crippen LogP contribution in [0, 0.1) is 17.4 Å². The first kappa shape index (κ1) is 19.4. The van der Waals surface area contributed by atoms with Crippen molar-refractivity contribution in [1.82, 2.24) is 0 Å². The Morgan fingerprint density at radius 1 is 1.07 bits per heavy atom. The highest BCUT2D eigenvalue weighted by atomic mass is 127. The summed E-state index contributed by atoms with van der Waals surface area (Å²) in [6, 6.07) is 13.3. The van der Waals surface area contributed by atoms with Gasteiger partial charge in [0.2, 0.25) is 0 Å². The quantitative estimate of drug-likeness (QED) is 0.508. The molecule has 3 rings (SSSR count). The minimum Gasteiger partial charge on any atom is -0.459 e. The Bertz CT molecular complexity index is 1110. The zero-order chi connectivity index (χ0) is 19.6. The monoisotopic (exact) mass is 496 g/mol. The number of nitrogens with one attached hydrogen (secondary N) is 2. The van der Waals surface area contributed by atoms with Crippen molar-refractivity contribution in [2.45, 2.75) is 18.7 Å². The maximum atomic E-state index is 12.7. The van der Waals surface area contributed by atoms with Crippen molar-refractivity contribution in [3.05, 3.63) is 75.3 Å². The zero-order valence-corrected chi connectivity index (χ0v) is 17.6. The molecule has 1 aromatic heterocycles. The minimum atomic E-state index is -3.80. The standard InChI is InChI=1S/C19H17IN2O4S/c1-12-6-7-16(20)17(10-12)22-27(24,25)15-5-3-4-14(11-15)21-19(23)18-13(2)8-9-26-18/h3-11,22H,1-2H3,(H,21,23). The van der Waals surface area contributed by atoms with Gasteiger partial charge in [-0.05, 0) is 78.4 Å². The van der Waals surface area contributed by atoms with E-state index in [0.717, 1.165) is 9.13 Å². The Kier molecular flexibility index (Phi) is 5.56. The SMILES string of the molecule is Cc1ccc(I)c(NS(=O)(=O)c2cccc(NC(=O)c3occc3C)c2)c1. The van der Waals surface area contributed by atoms with Crippen LogP contribution in [0.4, 0.5) is 11.4 Å². The second-order valence-corrected chi connectivity index (χ2v) is 8.85. The Morgan fingerprint density at radius 3 is 2.56 bits per heavy atom. The molecule has 27 heavy (non-hydrogen) atoms. The average molecular weight is 496 g/mol. The zero-order valence-electron chi connectivity index (χ0n) is 14.6. The maximum Gasteiger partial charge on any atom is 0.291 e. The van der Waals surface area contributed by atoms with Gasteiger partial charge in [-0.1, -0.05) is 12.1 Å². The summed E-state index contributed by atoms with van der Waals surface area (Å²) >= 11 is 2.07. The van der Waals surface area contributed by atoms with E-state index in [-0.39, 0.29) is 10.7 Å². The molecule has 6 nitrogen and oxygen atoms in total. The van der Waals surface area contributed by atoms with Gasteiger partial charge in [-0.2, -0.15) is 0 Å². The summed E-state index contributed by atoms with van der Waals surface area (Å²) in [5.41, 5.74) is 2.52. The van der Waals surface area contributed by atoms with Gasteiger partial charge in [0.05, 0.1) is 16.8 Å². The first-order chi connectivity index (χ1) is 12.8. The summed E-state index contributed by atoms with van der Waals surface area (Å²) in [5, 5.41) is 2.66. The molecule has 140 valence electrons. The van der Waals surface area contributed by atoms with Crippen molar-refractivity contribution < 1.29 is 17.6 Å². The van der Waals surface area contributed by atoms with Gasteiger partial charge in [0.25, 0.3) is 15.9 Å². The van der Waals surface area contributed by atoms with Crippen LogP contribution in [-0.2, 0) is 10.0 Å². The van der Waals surface area contributed by atoms with E-state index in [0.29, 0.717) is 16.9 Å². The van der Waals surface area contributed by atoms with Crippen molar-refractivity contribution in [3.63, 3.8) is 0 Å². The molecular formula is C19H17IN2O4S. The predicted molar refractivity (Wildman–Crippen MR) is 113 cm³/mol. The van der Waals surface area contributed by atoms with E-state index in [1.165, 1.54) is 18.4 Å². The number of furan rings is 1. The molecule has 0 aliphatic carbocycles. The van der Waals surface area contributed by atoms with Gasteiger partial charge in [0.15, 0.2) is 5.76 Å². The first-order valence-corrected chi connectivity index (χ1v) is 10.6. The number of amides is 1. The summed E-state index contributed by atoms with van der Waals surface area (Å²) in [7, 11) is -3.80. The number of hydrogen-bond acceptors (Lipinski definition) is 4. The fraction of sp³-hybridized carbons (Fsp3) is 0.105. The Balaban J connectivity index is 1.85. The van der Waals surface area contributed by atoms with Crippen LogP contribution in [0.1, 0.15) is 21.7 Å². The largest absolute Gasteiger partial charge is 0.459 e. The number of rotatable bonds is 5. The van der Waals surface area contributed by atoms with Crippen LogP contribution in [0.15, 0.2) is 64.1 Å². The van der Waals surface area contributed by atoms with E-state index >= 15 is 0 Å². The molecule has 0 aliphatic rings. The molecule has 3 aromatic rings. The lowest BCUT2D eigenvalue weighted by molar-refractivity contribution is 0.0996. The summed E-state index contributed by atoms with van der Waals surface area (Å²) in [6.07, 6.45) is 1.43. The van der Waals surface area contributed by atoms with Gasteiger partial charge in [-0.25, -0.2) is 8.42 Å². The number of aryl methyl sites for hydroxylation is 2. The summed E-state index contributed by atoms with van der Waals surface area (Å²) in [4.78, 5) is 12.3. The van der Waals surface area contributed by atoms with E-state index in [2.05, 4.69) is 32.6 Å². The van der Waals surface area contributed by atoms with Crippen LogP contribution >= 0.6 is 22.6 Å². The van der Waals surface area contributed by atoms with Crippen LogP contribution in [0.5, 0.6) is 0 Å². The Hall–Kier alpha value is -2.33. The summed E-state index contributed by atoms with van der Waals surface area (Å²) in [6.45, 7) is 3.65. The lowest BCUT2D eigenvalue weighted by Crippen LogP contribution is -2.15. The van der Waals surface area contributed by atoms with Gasteiger partial charge in [-0.15, -0.1) is 0 Å². The molecule has 2 N–H and O–H groups in total. The van der Waals surface area contributed by atoms with Crippen LogP contribution in [0.3, 0.4) is 0 Å². The second kappa shape index (κ2) is 7.73. The van der Waals surface area contributed by atoms with Crippen molar-refractivity contribution in [3.8, 4) is 0 Å². The summed E-state index contributed by atoms with van der Waals surface area (Å²) < 4.78 is 34.0. The third-order valence-electron chi connectivity index (χ3n) is 3.84. The van der Waals surface area contributed by atoms with Crippen molar-refractivity contribution in [1.29, 1.82) is 0 Å². The molecular weight excluding hydrogens is 479 g/mol. The highest BCUT2D eigenvalue weighted by Gasteiger charge is 2.18. The molecule has 0 aliphatic heterocycles. The molecule has 0 saturated heterocycles. The topological polar surface area (TPSA) is 88.4 Å². The van der Waals surface area contributed by atoms with E-state index in [9.17, 15) is 13.2 Å². The number of carbonyl (C=O) groups is 1. The third-order valence-corrected chi connectivity index (χ3v) is 6.14. The van der Waals surface area contributed by atoms with Crippen molar-refractivity contribution >= 4 is 49.9 Å². The van der Waals surface area contributed by atoms with Gasteiger partial charge in [-0.3, -0.25) is 9.52 Å². The van der Waals surface area contributed by atoms with Crippen molar-refractivity contribution in [2.24, 2.45) is 0 Å². The Morgan fingerprint density at radius 2 is 1.85 bits per heavy atom. The number of benzene rings is 2. The number of carbonyl (C=O) groups excluding carboxylic acids is 1. The average Bonchev–Trinajstić information content (AvgIpc) is 3.04. The van der Waals surface area contributed by atoms with Crippen LogP contribution < -0.4 is 10.0 Å². The normalized spacial score (nSPS) is 11.2. The molecule has 2 aromatic carbocycles. The molecule has 1 amide bonds. The molecule has 0 fully saturated rings. The lowest BCUT2D eigenvalue weighted by Gasteiger charge is -2.12. The van der Waals surface area contributed by atoms with Gasteiger partial charge in [0, 0.05) is 14.8 Å². The highest BCUT2D eigenvalue weighted by molar-refractivity contribution is 14.1. The second-order valence-electron chi connectivity index (χ2n) is 6.00. The number of hydrogen-bond donors (Lipinski definition) is 2. The van der Waals surface area contributed by atoms with E-state index < -0.39 is 15.9 Å². The Labute approximate surface area is 171 Å². The molecule has 0 atom stereocenters. The van der Waals surface area contributed by atoms with Gasteiger partial charge < -0.3 is 9.73 Å². The molecule has 0 spiro atoms. The number of anilines is 2. The van der Waals surface area contributed by atoms with E-state index in [1.807, 2.05) is 19.1 Å². The van der Waals surface area contributed by atoms with Crippen molar-refractivity contribution in [2.75, 3.05) is 10.0 Å². The summed E-state index contributed by atoms with van der Waals surface area (Å²) in [5.74, 6) is -0.246. The van der Waals surface area contributed by atoms with E-state index in [4.69, 9.17) is 4.42 Å². The molecule has 1 heterocycles. The minimum absolute atomic E-state index is 0.0498. The van der Waals surface area contributed by atoms with E-state index in [1.54, 1.807) is 31.2 Å². The molecule has 0 radical (unpaired) electrons. The number of halogens is 1. The smallest absolute Gasteiger partial charge is 0.291 e. The van der Waals surface area contributed by atoms with Gasteiger partial charge >= 0.3 is 0 Å². The molecule has 8 heteroatoms. The molecule has 0 bridgehead atoms.